The molecule has 0 amide bonds. The highest BCUT2D eigenvalue weighted by Crippen LogP contribution is 2.05. The van der Waals surface area contributed by atoms with E-state index in [-0.39, 0.29) is 0 Å². The number of hydrogen-bond acceptors (Lipinski definition) is 1. The minimum absolute atomic E-state index is 0.344. The first-order valence-corrected chi connectivity index (χ1v) is 7.23. The highest BCUT2D eigenvalue weighted by atomic mass is 24.4. The third-order valence-corrected chi connectivity index (χ3v) is 2.62. The quantitative estimate of drug-likeness (QED) is 0.479. The van der Waals surface area contributed by atoms with Gasteiger partial charge in [0.2, 0.25) is 0 Å². The molecule has 81 valence electrons. The van der Waals surface area contributed by atoms with Gasteiger partial charge in [-0.3, -0.25) is 0 Å². The number of aliphatic hydroxyl groups excluding tert-OH is 1. The lowest BCUT2D eigenvalue weighted by Crippen LogP contribution is -1.77. The molecule has 0 rings (SSSR count). The van der Waals surface area contributed by atoms with E-state index in [1.807, 2.05) is 0 Å². The normalized spacial score (nSPS) is 9.43. The van der Waals surface area contributed by atoms with Gasteiger partial charge >= 0.3 is 21.7 Å². The maximum Gasteiger partial charge on any atom is 1.41 e. The first kappa shape index (κ1) is 17.1. The predicted octanol–water partition coefficient (Wildman–Crippen LogP) is 3.71. The third-order valence-electron chi connectivity index (χ3n) is 2.12. The monoisotopic (exact) mass is 211 g/mol. The van der Waals surface area contributed by atoms with Crippen molar-refractivity contribution < 1.29 is 5.11 Å². The summed E-state index contributed by atoms with van der Waals surface area (Å²) >= 11 is 2.09. The molecule has 0 aliphatic carbocycles. The van der Waals surface area contributed by atoms with Gasteiger partial charge in [0.15, 0.2) is 0 Å². The van der Waals surface area contributed by atoms with E-state index >= 15 is 0 Å². The van der Waals surface area contributed by atoms with Crippen molar-refractivity contribution >= 4 is 21.7 Å². The maximum absolute atomic E-state index is 8.07. The first-order chi connectivity index (χ1) is 6.83. The van der Waals surface area contributed by atoms with Crippen LogP contribution in [0.1, 0.15) is 65.2 Å². The zero-order valence-corrected chi connectivity index (χ0v) is 11.6. The third kappa shape index (κ3) is 23.0. The van der Waals surface area contributed by atoms with Crippen molar-refractivity contribution in [3.8, 4) is 0 Å². The highest BCUT2D eigenvalue weighted by Gasteiger charge is 2.19. The van der Waals surface area contributed by atoms with E-state index in [1.165, 1.54) is 43.1 Å². The molecule has 0 aliphatic heterocycles. The molecule has 0 aromatic heterocycles. The molecular weight excluding hydrogens is 184 g/mol. The van der Waals surface area contributed by atoms with E-state index in [9.17, 15) is 0 Å². The van der Waals surface area contributed by atoms with Crippen molar-refractivity contribution in [3.05, 3.63) is 0 Å². The van der Waals surface area contributed by atoms with Crippen molar-refractivity contribution in [2.24, 2.45) is 0 Å². The number of rotatable bonds is 8. The fourth-order valence-electron chi connectivity index (χ4n) is 1.12. The average molecular weight is 212 g/mol. The van der Waals surface area contributed by atoms with Crippen LogP contribution in [0.2, 0.25) is 4.55 Å². The van der Waals surface area contributed by atoms with Gasteiger partial charge in [0.25, 0.3) is 4.55 Å². The summed E-state index contributed by atoms with van der Waals surface area (Å²) in [6.07, 6.45) is 10.7. The molecule has 0 fully saturated rings. The molecule has 0 unspecified atom stereocenters. The standard InChI is InChI=1S/C8H17.C4H10O.Mg/c1-3-5-7-8-6-4-2;1-2-3-4-5;/h1,3-8H2,2H3;5H,2-4H2,1H3;/q;;+2. The molecular formula is C12H27MgO+2. The van der Waals surface area contributed by atoms with Crippen molar-refractivity contribution in [1.29, 1.82) is 0 Å². The van der Waals surface area contributed by atoms with Gasteiger partial charge in [0.1, 0.15) is 0 Å². The van der Waals surface area contributed by atoms with E-state index in [0.29, 0.717) is 6.61 Å². The number of hydrogen-bond donors (Lipinski definition) is 1. The van der Waals surface area contributed by atoms with Crippen molar-refractivity contribution in [2.45, 2.75) is 69.8 Å². The Morgan fingerprint density at radius 1 is 0.786 bits per heavy atom. The van der Waals surface area contributed by atoms with Crippen LogP contribution in [0, 0.1) is 0 Å². The van der Waals surface area contributed by atoms with Crippen LogP contribution in [0.25, 0.3) is 0 Å². The second kappa shape index (κ2) is 19.3. The maximum atomic E-state index is 8.07. The van der Waals surface area contributed by atoms with Gasteiger partial charge in [-0.2, -0.15) is 0 Å². The second-order valence-corrected chi connectivity index (χ2v) is 4.41. The van der Waals surface area contributed by atoms with Crippen molar-refractivity contribution in [2.75, 3.05) is 6.61 Å². The lowest BCUT2D eigenvalue weighted by atomic mass is 10.1. The summed E-state index contributed by atoms with van der Waals surface area (Å²) in [7, 11) is 0. The van der Waals surface area contributed by atoms with Crippen LogP contribution in [-0.4, -0.2) is 33.4 Å². The van der Waals surface area contributed by atoms with Crippen LogP contribution in [0.4, 0.5) is 0 Å². The smallest absolute Gasteiger partial charge is 0.396 e. The molecule has 0 aromatic carbocycles. The average Bonchev–Trinajstić information content (AvgIpc) is 2.20. The van der Waals surface area contributed by atoms with E-state index in [0.717, 1.165) is 12.8 Å². The lowest BCUT2D eigenvalue weighted by molar-refractivity contribution is 0.287. The molecule has 0 aliphatic rings. The molecule has 0 spiro atoms. The van der Waals surface area contributed by atoms with Gasteiger partial charge in [-0.15, -0.1) is 0 Å². The fraction of sp³-hybridized carbons (Fsp3) is 1.00. The summed E-state index contributed by atoms with van der Waals surface area (Å²) < 4.78 is 1.39. The lowest BCUT2D eigenvalue weighted by Gasteiger charge is -1.92. The minimum Gasteiger partial charge on any atom is -0.396 e. The first-order valence-electron chi connectivity index (χ1n) is 6.23. The molecule has 0 saturated heterocycles. The summed E-state index contributed by atoms with van der Waals surface area (Å²) in [5, 5.41) is 8.07. The molecule has 0 aromatic rings. The number of aliphatic hydroxyl groups is 1. The van der Waals surface area contributed by atoms with Gasteiger partial charge in [-0.25, -0.2) is 0 Å². The van der Waals surface area contributed by atoms with Gasteiger partial charge in [-0.1, -0.05) is 46.0 Å². The molecule has 0 saturated carbocycles. The summed E-state index contributed by atoms with van der Waals surface area (Å²) in [6.45, 7) is 4.66. The van der Waals surface area contributed by atoms with Gasteiger partial charge in [0, 0.05) is 13.0 Å². The van der Waals surface area contributed by atoms with E-state index in [1.54, 1.807) is 0 Å². The SMILES string of the molecule is CCCCCCC[CH2][Mg+2].CCCCO. The van der Waals surface area contributed by atoms with Gasteiger partial charge in [-0.05, 0) is 12.8 Å². The van der Waals surface area contributed by atoms with Crippen LogP contribution < -0.4 is 0 Å². The molecule has 2 heteroatoms. The van der Waals surface area contributed by atoms with Crippen molar-refractivity contribution in [1.82, 2.24) is 0 Å². The second-order valence-electron chi connectivity index (χ2n) is 3.70. The Morgan fingerprint density at radius 3 is 1.64 bits per heavy atom. The molecule has 1 nitrogen and oxygen atoms in total. The molecule has 14 heavy (non-hydrogen) atoms. The topological polar surface area (TPSA) is 20.2 Å². The summed E-state index contributed by atoms with van der Waals surface area (Å²) in [5.41, 5.74) is 0. The van der Waals surface area contributed by atoms with Crippen LogP contribution in [-0.2, 0) is 0 Å². The number of unbranched alkanes of at least 4 members (excludes halogenated alkanes) is 6. The zero-order valence-electron chi connectivity index (χ0n) is 10.2. The molecule has 7 radical (unpaired) electrons. The predicted molar refractivity (Wildman–Crippen MR) is 65.9 cm³/mol. The minimum atomic E-state index is 0.344. The summed E-state index contributed by atoms with van der Waals surface area (Å²) in [4.78, 5) is 0. The van der Waals surface area contributed by atoms with E-state index < -0.39 is 0 Å². The Morgan fingerprint density at radius 2 is 1.29 bits per heavy atom. The summed E-state index contributed by atoms with van der Waals surface area (Å²) in [5.74, 6) is 0. The molecule has 0 heterocycles. The van der Waals surface area contributed by atoms with Crippen LogP contribution in [0.3, 0.4) is 0 Å². The largest absolute Gasteiger partial charge is 1.41 e. The van der Waals surface area contributed by atoms with E-state index in [2.05, 4.69) is 35.6 Å². The van der Waals surface area contributed by atoms with Gasteiger partial charge in [0.05, 0.1) is 0 Å². The molecule has 1 N–H and O–H groups in total. The Bertz CT molecular complexity index is 68.7. The van der Waals surface area contributed by atoms with Crippen molar-refractivity contribution in [3.63, 3.8) is 0 Å². The van der Waals surface area contributed by atoms with Crippen LogP contribution in [0.5, 0.6) is 0 Å². The molecule has 0 atom stereocenters. The zero-order chi connectivity index (χ0) is 11.1. The fourth-order valence-corrected chi connectivity index (χ4v) is 1.47. The molecule has 0 bridgehead atoms. The van der Waals surface area contributed by atoms with Crippen LogP contribution >= 0.6 is 0 Å². The van der Waals surface area contributed by atoms with Crippen LogP contribution in [0.15, 0.2) is 0 Å². The summed E-state index contributed by atoms with van der Waals surface area (Å²) in [6, 6.07) is 0. The Hall–Kier alpha value is 0.726. The Balaban J connectivity index is 0. The Labute approximate surface area is 103 Å². The van der Waals surface area contributed by atoms with E-state index in [4.69, 9.17) is 5.11 Å². The highest BCUT2D eigenvalue weighted by molar-refractivity contribution is 6.08. The Kier molecular flexibility index (Phi) is 23.6. The van der Waals surface area contributed by atoms with Gasteiger partial charge < -0.3 is 5.11 Å².